The molecule has 9 nitrogen and oxygen atoms in total. The van der Waals surface area contributed by atoms with Gasteiger partial charge in [-0.05, 0) is 102 Å². The van der Waals surface area contributed by atoms with Crippen LogP contribution in [0.1, 0.15) is 82.6 Å². The van der Waals surface area contributed by atoms with Gasteiger partial charge in [0.25, 0.3) is 5.91 Å². The van der Waals surface area contributed by atoms with Crippen molar-refractivity contribution >= 4 is 22.0 Å². The molecule has 0 radical (unpaired) electrons. The zero-order chi connectivity index (χ0) is 28.7. The van der Waals surface area contributed by atoms with Gasteiger partial charge < -0.3 is 20.5 Å². The minimum Gasteiger partial charge on any atom is -0.444 e. The summed E-state index contributed by atoms with van der Waals surface area (Å²) in [6.45, 7) is 16.7. The molecule has 1 aliphatic carbocycles. The smallest absolute Gasteiger partial charge is 0.407 e. The zero-order valence-corrected chi connectivity index (χ0v) is 24.9. The fourth-order valence-corrected chi connectivity index (χ4v) is 6.59. The summed E-state index contributed by atoms with van der Waals surface area (Å²) in [6.07, 6.45) is -0.0979. The van der Waals surface area contributed by atoms with Crippen molar-refractivity contribution in [2.24, 2.45) is 5.92 Å². The van der Waals surface area contributed by atoms with Crippen molar-refractivity contribution < 1.29 is 27.9 Å². The average Bonchev–Trinajstić information content (AvgIpc) is 2.80. The van der Waals surface area contributed by atoms with Crippen molar-refractivity contribution in [3.63, 3.8) is 0 Å². The van der Waals surface area contributed by atoms with Crippen molar-refractivity contribution in [3.05, 3.63) is 28.3 Å². The molecule has 212 valence electrons. The number of rotatable bonds is 7. The highest BCUT2D eigenvalue weighted by molar-refractivity contribution is 7.89. The van der Waals surface area contributed by atoms with E-state index in [0.29, 0.717) is 36.1 Å². The minimum atomic E-state index is -3.72. The first-order valence-corrected chi connectivity index (χ1v) is 14.5. The standard InChI is InChI=1S/C25H41N3O6S.C2H6/c1-14-13-15(2)22(17(4)16(14)3)35(32,33)28-19-11-9-18(10-12-19)20(21(29)23(30)26-8)27-24(31)34-25(5,6)7;1-2/h13,18-21,28-29H,9-12H2,1-8H3,(H,26,30)(H,27,31);1-2H3. The second kappa shape index (κ2) is 13.6. The van der Waals surface area contributed by atoms with Gasteiger partial charge in [-0.2, -0.15) is 0 Å². The first-order chi connectivity index (χ1) is 17.1. The van der Waals surface area contributed by atoms with E-state index < -0.39 is 39.8 Å². The number of carbonyl (C=O) groups is 2. The first kappa shape index (κ1) is 32.9. The number of ether oxygens (including phenoxy) is 1. The van der Waals surface area contributed by atoms with Crippen LogP contribution in [-0.4, -0.2) is 56.4 Å². The van der Waals surface area contributed by atoms with Crippen LogP contribution in [-0.2, 0) is 19.6 Å². The lowest BCUT2D eigenvalue weighted by atomic mass is 9.80. The number of aliphatic hydroxyl groups excluding tert-OH is 1. The number of aryl methyl sites for hydroxylation is 2. The van der Waals surface area contributed by atoms with Crippen LogP contribution in [0.5, 0.6) is 0 Å². The normalized spacial score (nSPS) is 19.6. The molecule has 2 amide bonds. The summed E-state index contributed by atoms with van der Waals surface area (Å²) in [7, 11) is -2.31. The van der Waals surface area contributed by atoms with Gasteiger partial charge in [0.05, 0.1) is 10.9 Å². The fraction of sp³-hybridized carbons (Fsp3) is 0.704. The van der Waals surface area contributed by atoms with E-state index in [1.807, 2.05) is 40.7 Å². The highest BCUT2D eigenvalue weighted by Gasteiger charge is 2.38. The monoisotopic (exact) mass is 541 g/mol. The number of benzene rings is 1. The fourth-order valence-electron chi connectivity index (χ4n) is 4.76. The Morgan fingerprint density at radius 2 is 1.54 bits per heavy atom. The molecule has 10 heteroatoms. The second-order valence-electron chi connectivity index (χ2n) is 10.6. The summed E-state index contributed by atoms with van der Waals surface area (Å²) >= 11 is 0. The quantitative estimate of drug-likeness (QED) is 0.415. The predicted octanol–water partition coefficient (Wildman–Crippen LogP) is 3.78. The van der Waals surface area contributed by atoms with Crippen LogP contribution in [0.15, 0.2) is 11.0 Å². The number of carbonyl (C=O) groups excluding carboxylic acids is 2. The van der Waals surface area contributed by atoms with E-state index in [1.165, 1.54) is 7.05 Å². The summed E-state index contributed by atoms with van der Waals surface area (Å²) in [4.78, 5) is 24.8. The summed E-state index contributed by atoms with van der Waals surface area (Å²) in [5.74, 6) is -0.824. The Kier molecular flexibility index (Phi) is 12.1. The molecule has 0 aromatic heterocycles. The number of alkyl carbamates (subject to hydrolysis) is 1. The summed E-state index contributed by atoms with van der Waals surface area (Å²) in [6, 6.07) is 0.753. The summed E-state index contributed by atoms with van der Waals surface area (Å²) < 4.78 is 34.7. The third-order valence-corrected chi connectivity index (χ3v) is 8.50. The van der Waals surface area contributed by atoms with Crippen LogP contribution in [0.2, 0.25) is 0 Å². The van der Waals surface area contributed by atoms with Gasteiger partial charge in [0.2, 0.25) is 10.0 Å². The molecule has 1 aromatic carbocycles. The number of aliphatic hydroxyl groups is 1. The Hall–Kier alpha value is -2.17. The molecular weight excluding hydrogens is 494 g/mol. The van der Waals surface area contributed by atoms with Gasteiger partial charge in [-0.1, -0.05) is 19.9 Å². The lowest BCUT2D eigenvalue weighted by Crippen LogP contribution is -2.55. The van der Waals surface area contributed by atoms with Crippen LogP contribution >= 0.6 is 0 Å². The molecule has 4 N–H and O–H groups in total. The number of hydrogen-bond donors (Lipinski definition) is 4. The van der Waals surface area contributed by atoms with Crippen LogP contribution in [0, 0.1) is 33.6 Å². The van der Waals surface area contributed by atoms with E-state index in [2.05, 4.69) is 15.4 Å². The first-order valence-electron chi connectivity index (χ1n) is 13.1. The minimum absolute atomic E-state index is 0.222. The molecule has 1 fully saturated rings. The number of nitrogens with one attached hydrogen (secondary N) is 3. The van der Waals surface area contributed by atoms with E-state index in [9.17, 15) is 23.1 Å². The second-order valence-corrected chi connectivity index (χ2v) is 12.2. The maximum absolute atomic E-state index is 13.3. The molecule has 2 atom stereocenters. The van der Waals surface area contributed by atoms with Crippen molar-refractivity contribution in [1.29, 1.82) is 0 Å². The Morgan fingerprint density at radius 3 is 2.03 bits per heavy atom. The van der Waals surface area contributed by atoms with Crippen molar-refractivity contribution in [2.75, 3.05) is 7.05 Å². The van der Waals surface area contributed by atoms with Gasteiger partial charge in [-0.25, -0.2) is 17.9 Å². The van der Waals surface area contributed by atoms with Gasteiger partial charge >= 0.3 is 6.09 Å². The molecule has 0 saturated heterocycles. The van der Waals surface area contributed by atoms with Crippen molar-refractivity contribution in [2.45, 2.75) is 117 Å². The lowest BCUT2D eigenvalue weighted by molar-refractivity contribution is -0.131. The molecule has 1 aromatic rings. The average molecular weight is 542 g/mol. The molecule has 2 rings (SSSR count). The van der Waals surface area contributed by atoms with Crippen molar-refractivity contribution in [1.82, 2.24) is 15.4 Å². The maximum Gasteiger partial charge on any atom is 0.407 e. The number of hydrogen-bond acceptors (Lipinski definition) is 6. The molecular formula is C27H47N3O6S. The van der Waals surface area contributed by atoms with E-state index in [-0.39, 0.29) is 12.0 Å². The van der Waals surface area contributed by atoms with Gasteiger partial charge in [0, 0.05) is 13.1 Å². The Balaban J connectivity index is 0.00000334. The van der Waals surface area contributed by atoms with Gasteiger partial charge in [-0.3, -0.25) is 4.79 Å². The Bertz CT molecular complexity index is 1040. The molecule has 2 unspecified atom stereocenters. The lowest BCUT2D eigenvalue weighted by Gasteiger charge is -2.36. The largest absolute Gasteiger partial charge is 0.444 e. The maximum atomic E-state index is 13.3. The van der Waals surface area contributed by atoms with Gasteiger partial charge in [0.1, 0.15) is 5.60 Å². The van der Waals surface area contributed by atoms with Crippen LogP contribution in [0.4, 0.5) is 4.79 Å². The number of likely N-dealkylation sites (N-methyl/N-ethyl adjacent to an activating group) is 1. The third kappa shape index (κ3) is 8.97. The highest BCUT2D eigenvalue weighted by atomic mass is 32.2. The number of amides is 2. The molecule has 0 spiro atoms. The van der Waals surface area contributed by atoms with E-state index in [4.69, 9.17) is 4.74 Å². The molecule has 1 aliphatic rings. The van der Waals surface area contributed by atoms with Crippen LogP contribution < -0.4 is 15.4 Å². The van der Waals surface area contributed by atoms with Gasteiger partial charge in [0.15, 0.2) is 6.10 Å². The van der Waals surface area contributed by atoms with E-state index in [1.54, 1.807) is 27.7 Å². The number of sulfonamides is 1. The van der Waals surface area contributed by atoms with Crippen LogP contribution in [0.3, 0.4) is 0 Å². The summed E-state index contributed by atoms with van der Waals surface area (Å²) in [5.41, 5.74) is 2.74. The van der Waals surface area contributed by atoms with E-state index >= 15 is 0 Å². The molecule has 0 aliphatic heterocycles. The summed E-state index contributed by atoms with van der Waals surface area (Å²) in [5, 5.41) is 15.7. The van der Waals surface area contributed by atoms with Crippen molar-refractivity contribution in [3.8, 4) is 0 Å². The molecule has 0 bridgehead atoms. The van der Waals surface area contributed by atoms with Gasteiger partial charge in [-0.15, -0.1) is 0 Å². The topological polar surface area (TPSA) is 134 Å². The van der Waals surface area contributed by atoms with Crippen LogP contribution in [0.25, 0.3) is 0 Å². The predicted molar refractivity (Wildman–Crippen MR) is 146 cm³/mol. The molecule has 0 heterocycles. The molecule has 37 heavy (non-hydrogen) atoms. The Labute approximate surface area is 223 Å². The SMILES string of the molecule is CC.CNC(=O)C(O)C(NC(=O)OC(C)(C)C)C1CCC(NS(=O)(=O)c2c(C)cc(C)c(C)c2C)CC1. The third-order valence-electron chi connectivity index (χ3n) is 6.69. The molecule has 1 saturated carbocycles. The highest BCUT2D eigenvalue weighted by Crippen LogP contribution is 2.31. The zero-order valence-electron chi connectivity index (χ0n) is 24.1. The Morgan fingerprint density at radius 1 is 1.00 bits per heavy atom. The van der Waals surface area contributed by atoms with E-state index in [0.717, 1.165) is 16.7 Å².